The third kappa shape index (κ3) is 3.85. The van der Waals surface area contributed by atoms with Crippen LogP contribution in [0.2, 0.25) is 0 Å². The van der Waals surface area contributed by atoms with Gasteiger partial charge in [-0.2, -0.15) is 0 Å². The average molecular weight is 303 g/mol. The summed E-state index contributed by atoms with van der Waals surface area (Å²) in [7, 11) is 5.60. The van der Waals surface area contributed by atoms with Crippen molar-refractivity contribution in [2.75, 3.05) is 39.6 Å². The molecule has 2 N–H and O–H groups in total. The number of carboxylic acid groups (broad SMARTS) is 1. The third-order valence-corrected chi connectivity index (χ3v) is 3.33. The molecule has 22 heavy (non-hydrogen) atoms. The molecule has 0 radical (unpaired) electrons. The number of benzene rings is 1. The van der Waals surface area contributed by atoms with Crippen molar-refractivity contribution in [2.45, 2.75) is 6.42 Å². The predicted octanol–water partition coefficient (Wildman–Crippen LogP) is 2.31. The van der Waals surface area contributed by atoms with Gasteiger partial charge in [-0.3, -0.25) is 0 Å². The summed E-state index contributed by atoms with van der Waals surface area (Å²) in [5, 5.41) is 13.3. The lowest BCUT2D eigenvalue weighted by atomic mass is 10.1. The molecular formula is C16H21N3O3. The Balaban J connectivity index is 2.28. The van der Waals surface area contributed by atoms with Gasteiger partial charge in [-0.15, -0.1) is 0 Å². The Hall–Kier alpha value is -2.34. The minimum absolute atomic E-state index is 0.183. The van der Waals surface area contributed by atoms with E-state index < -0.39 is 5.97 Å². The number of nitrogens with one attached hydrogen (secondary N) is 1. The van der Waals surface area contributed by atoms with Gasteiger partial charge in [-0.05, 0) is 45.3 Å². The van der Waals surface area contributed by atoms with E-state index in [1.807, 2.05) is 20.2 Å². The predicted molar refractivity (Wildman–Crippen MR) is 86.9 cm³/mol. The second-order valence-electron chi connectivity index (χ2n) is 5.33. The van der Waals surface area contributed by atoms with E-state index >= 15 is 0 Å². The fourth-order valence-electron chi connectivity index (χ4n) is 2.17. The van der Waals surface area contributed by atoms with Crippen molar-refractivity contribution in [1.29, 1.82) is 0 Å². The van der Waals surface area contributed by atoms with E-state index in [-0.39, 0.29) is 5.56 Å². The van der Waals surface area contributed by atoms with Gasteiger partial charge in [0.25, 0.3) is 0 Å². The fourth-order valence-corrected chi connectivity index (χ4v) is 2.17. The molecule has 0 saturated heterocycles. The number of carbonyl (C=O) groups is 1. The maximum Gasteiger partial charge on any atom is 0.339 e. The van der Waals surface area contributed by atoms with Gasteiger partial charge in [0.15, 0.2) is 0 Å². The van der Waals surface area contributed by atoms with Crippen LogP contribution in [0.1, 0.15) is 16.8 Å². The Morgan fingerprint density at radius 1 is 1.36 bits per heavy atom. The molecule has 0 bridgehead atoms. The van der Waals surface area contributed by atoms with E-state index in [4.69, 9.17) is 4.74 Å². The van der Waals surface area contributed by atoms with Crippen LogP contribution in [0.3, 0.4) is 0 Å². The van der Waals surface area contributed by atoms with Crippen LogP contribution in [0.25, 0.3) is 10.9 Å². The number of hydrogen-bond donors (Lipinski definition) is 2. The maximum atomic E-state index is 11.4. The molecule has 6 heteroatoms. The summed E-state index contributed by atoms with van der Waals surface area (Å²) in [6.45, 7) is 1.59. The highest BCUT2D eigenvalue weighted by Crippen LogP contribution is 2.24. The largest absolute Gasteiger partial charge is 0.497 e. The lowest BCUT2D eigenvalue weighted by Gasteiger charge is -2.12. The minimum Gasteiger partial charge on any atom is -0.497 e. The van der Waals surface area contributed by atoms with Gasteiger partial charge < -0.3 is 20.1 Å². The van der Waals surface area contributed by atoms with Gasteiger partial charge in [0, 0.05) is 18.0 Å². The van der Waals surface area contributed by atoms with Crippen molar-refractivity contribution in [3.8, 4) is 5.75 Å². The fraction of sp³-hybridized carbons (Fsp3) is 0.375. The first-order chi connectivity index (χ1) is 10.5. The van der Waals surface area contributed by atoms with Gasteiger partial charge in [0.2, 0.25) is 0 Å². The van der Waals surface area contributed by atoms with E-state index in [0.717, 1.165) is 18.4 Å². The van der Waals surface area contributed by atoms with Crippen molar-refractivity contribution >= 4 is 22.7 Å². The zero-order chi connectivity index (χ0) is 16.1. The summed E-state index contributed by atoms with van der Waals surface area (Å²) in [5.41, 5.74) is 0.891. The van der Waals surface area contributed by atoms with Crippen LogP contribution >= 0.6 is 0 Å². The molecular weight excluding hydrogens is 282 g/mol. The highest BCUT2D eigenvalue weighted by Gasteiger charge is 2.13. The first kappa shape index (κ1) is 16.0. The second-order valence-corrected chi connectivity index (χ2v) is 5.33. The Kier molecular flexibility index (Phi) is 5.16. The number of pyridine rings is 1. The number of carboxylic acids is 1. The van der Waals surface area contributed by atoms with E-state index in [9.17, 15) is 9.90 Å². The number of anilines is 1. The molecule has 1 aromatic heterocycles. The number of methoxy groups -OCH3 is 1. The smallest absolute Gasteiger partial charge is 0.339 e. The highest BCUT2D eigenvalue weighted by atomic mass is 16.5. The molecule has 118 valence electrons. The van der Waals surface area contributed by atoms with Gasteiger partial charge in [0.1, 0.15) is 17.1 Å². The summed E-state index contributed by atoms with van der Waals surface area (Å²) in [5.74, 6) is 0.106. The van der Waals surface area contributed by atoms with Crippen molar-refractivity contribution in [3.05, 3.63) is 29.8 Å². The van der Waals surface area contributed by atoms with Crippen molar-refractivity contribution in [3.63, 3.8) is 0 Å². The number of rotatable bonds is 7. The van der Waals surface area contributed by atoms with E-state index in [0.29, 0.717) is 23.6 Å². The number of ether oxygens (including phenoxy) is 1. The van der Waals surface area contributed by atoms with E-state index in [1.165, 1.54) is 0 Å². The highest BCUT2D eigenvalue weighted by molar-refractivity contribution is 5.98. The van der Waals surface area contributed by atoms with Crippen LogP contribution in [0.4, 0.5) is 5.82 Å². The minimum atomic E-state index is -0.986. The van der Waals surface area contributed by atoms with Crippen LogP contribution in [0.5, 0.6) is 5.75 Å². The van der Waals surface area contributed by atoms with Crippen LogP contribution in [0.15, 0.2) is 24.3 Å². The van der Waals surface area contributed by atoms with Gasteiger partial charge in [0.05, 0.1) is 12.6 Å². The molecule has 0 fully saturated rings. The quantitative estimate of drug-likeness (QED) is 0.765. The topological polar surface area (TPSA) is 74.7 Å². The Labute approximate surface area is 129 Å². The number of nitrogens with zero attached hydrogens (tertiary/aromatic N) is 2. The summed E-state index contributed by atoms with van der Waals surface area (Å²) in [6, 6.07) is 7.04. The molecule has 0 unspecified atom stereocenters. The van der Waals surface area contributed by atoms with E-state index in [2.05, 4.69) is 15.2 Å². The first-order valence-corrected chi connectivity index (χ1v) is 7.12. The standard InChI is InChI=1S/C16H21N3O3/c1-19(2)8-4-7-17-15-13(16(20)21)9-11-5-6-12(22-3)10-14(11)18-15/h5-6,9-10H,4,7-8H2,1-3H3,(H,17,18)(H,20,21). The summed E-state index contributed by atoms with van der Waals surface area (Å²) < 4.78 is 5.18. The molecule has 2 rings (SSSR count). The first-order valence-electron chi connectivity index (χ1n) is 7.12. The molecule has 2 aromatic rings. The lowest BCUT2D eigenvalue weighted by Crippen LogP contribution is -2.17. The van der Waals surface area contributed by atoms with Gasteiger partial charge >= 0.3 is 5.97 Å². The molecule has 0 atom stereocenters. The summed E-state index contributed by atoms with van der Waals surface area (Å²) in [6.07, 6.45) is 0.907. The third-order valence-electron chi connectivity index (χ3n) is 3.33. The number of aromatic carboxylic acids is 1. The molecule has 0 spiro atoms. The number of fused-ring (bicyclic) bond motifs is 1. The molecule has 1 aromatic carbocycles. The lowest BCUT2D eigenvalue weighted by molar-refractivity contribution is 0.0697. The zero-order valence-corrected chi connectivity index (χ0v) is 13.1. The van der Waals surface area contributed by atoms with E-state index in [1.54, 1.807) is 25.3 Å². The second kappa shape index (κ2) is 7.09. The molecule has 0 saturated carbocycles. The molecule has 0 aliphatic carbocycles. The molecule has 1 heterocycles. The maximum absolute atomic E-state index is 11.4. The summed E-state index contributed by atoms with van der Waals surface area (Å²) >= 11 is 0. The molecule has 0 aliphatic heterocycles. The summed E-state index contributed by atoms with van der Waals surface area (Å²) in [4.78, 5) is 17.9. The average Bonchev–Trinajstić information content (AvgIpc) is 2.49. The van der Waals surface area contributed by atoms with Gasteiger partial charge in [-0.1, -0.05) is 0 Å². The van der Waals surface area contributed by atoms with Crippen LogP contribution in [0, 0.1) is 0 Å². The SMILES string of the molecule is COc1ccc2cc(C(=O)O)c(NCCCN(C)C)nc2c1. The van der Waals surface area contributed by atoms with Crippen molar-refractivity contribution < 1.29 is 14.6 Å². The molecule has 6 nitrogen and oxygen atoms in total. The molecule has 0 amide bonds. The van der Waals surface area contributed by atoms with Crippen molar-refractivity contribution in [1.82, 2.24) is 9.88 Å². The van der Waals surface area contributed by atoms with Crippen LogP contribution < -0.4 is 10.1 Å². The number of hydrogen-bond acceptors (Lipinski definition) is 5. The molecule has 0 aliphatic rings. The zero-order valence-electron chi connectivity index (χ0n) is 13.1. The Morgan fingerprint density at radius 2 is 2.14 bits per heavy atom. The van der Waals surface area contributed by atoms with Gasteiger partial charge in [-0.25, -0.2) is 9.78 Å². The normalized spacial score (nSPS) is 10.9. The number of aromatic nitrogens is 1. The van der Waals surface area contributed by atoms with Crippen molar-refractivity contribution in [2.24, 2.45) is 0 Å². The van der Waals surface area contributed by atoms with Crippen LogP contribution in [-0.2, 0) is 0 Å². The van der Waals surface area contributed by atoms with Crippen LogP contribution in [-0.4, -0.2) is 55.3 Å². The Bertz CT molecular complexity index is 671. The Morgan fingerprint density at radius 3 is 2.77 bits per heavy atom. The monoisotopic (exact) mass is 303 g/mol.